The summed E-state index contributed by atoms with van der Waals surface area (Å²) in [5.74, 6) is -1.47. The molecule has 82 valence electrons. The van der Waals surface area contributed by atoms with Crippen LogP contribution in [0.2, 0.25) is 0 Å². The van der Waals surface area contributed by atoms with Crippen molar-refractivity contribution in [3.8, 4) is 0 Å². The summed E-state index contributed by atoms with van der Waals surface area (Å²) < 4.78 is 13.5. The van der Waals surface area contributed by atoms with Crippen LogP contribution >= 0.6 is 0 Å². The van der Waals surface area contributed by atoms with Crippen LogP contribution < -0.4 is 5.73 Å². The third-order valence-electron chi connectivity index (χ3n) is 2.41. The number of carboxylic acid groups (broad SMARTS) is 1. The third-order valence-corrected chi connectivity index (χ3v) is 2.41. The molecule has 0 amide bonds. The van der Waals surface area contributed by atoms with Gasteiger partial charge in [0.1, 0.15) is 5.82 Å². The molecule has 1 aromatic rings. The lowest BCUT2D eigenvalue weighted by molar-refractivity contribution is -0.137. The maximum atomic E-state index is 13.5. The van der Waals surface area contributed by atoms with Gasteiger partial charge in [-0.1, -0.05) is 6.07 Å². The molecule has 0 aliphatic carbocycles. The average molecular weight is 211 g/mol. The number of aliphatic carboxylic acids is 1. The molecule has 0 aromatic heterocycles. The molecular weight excluding hydrogens is 197 g/mol. The van der Waals surface area contributed by atoms with E-state index in [1.807, 2.05) is 6.92 Å². The van der Waals surface area contributed by atoms with Gasteiger partial charge in [-0.05, 0) is 31.0 Å². The Balaban J connectivity index is 3.03. The fourth-order valence-electron chi connectivity index (χ4n) is 1.39. The summed E-state index contributed by atoms with van der Waals surface area (Å²) in [7, 11) is 0. The van der Waals surface area contributed by atoms with Crippen molar-refractivity contribution in [3.05, 3.63) is 34.6 Å². The van der Waals surface area contributed by atoms with Crippen molar-refractivity contribution in [3.63, 3.8) is 0 Å². The van der Waals surface area contributed by atoms with Gasteiger partial charge in [-0.2, -0.15) is 0 Å². The van der Waals surface area contributed by atoms with Crippen LogP contribution in [0.15, 0.2) is 12.1 Å². The highest BCUT2D eigenvalue weighted by Gasteiger charge is 2.15. The molecular formula is C11H14FNO2. The quantitative estimate of drug-likeness (QED) is 0.802. The number of benzene rings is 1. The highest BCUT2D eigenvalue weighted by atomic mass is 19.1. The second kappa shape index (κ2) is 4.40. The Morgan fingerprint density at radius 1 is 1.47 bits per heavy atom. The predicted octanol–water partition coefficient (Wildman–Crippen LogP) is 1.92. The van der Waals surface area contributed by atoms with Crippen molar-refractivity contribution >= 4 is 5.97 Å². The molecule has 1 rings (SSSR count). The smallest absolute Gasteiger partial charge is 0.305 e. The van der Waals surface area contributed by atoms with E-state index in [1.54, 1.807) is 13.0 Å². The number of hydrogen-bond donors (Lipinski definition) is 2. The Hall–Kier alpha value is -1.42. The fourth-order valence-corrected chi connectivity index (χ4v) is 1.39. The lowest BCUT2D eigenvalue weighted by Crippen LogP contribution is -2.16. The van der Waals surface area contributed by atoms with Gasteiger partial charge in [0.05, 0.1) is 6.42 Å². The van der Waals surface area contributed by atoms with E-state index in [9.17, 15) is 9.18 Å². The molecule has 0 aliphatic heterocycles. The van der Waals surface area contributed by atoms with Gasteiger partial charge in [0.2, 0.25) is 0 Å². The zero-order valence-corrected chi connectivity index (χ0v) is 8.75. The number of carboxylic acids is 1. The summed E-state index contributed by atoms with van der Waals surface area (Å²) in [6.07, 6.45) is -0.264. The maximum absolute atomic E-state index is 13.5. The van der Waals surface area contributed by atoms with Crippen LogP contribution in [-0.4, -0.2) is 11.1 Å². The standard InChI is InChI=1S/C11H14FNO2/c1-6-3-8(9(12)4-7(6)2)10(13)5-11(14)15/h3-4,10H,5,13H2,1-2H3,(H,14,15). The molecule has 1 atom stereocenters. The van der Waals surface area contributed by atoms with Gasteiger partial charge in [0, 0.05) is 11.6 Å². The van der Waals surface area contributed by atoms with Crippen LogP contribution in [0, 0.1) is 19.7 Å². The van der Waals surface area contributed by atoms with Gasteiger partial charge in [-0.15, -0.1) is 0 Å². The molecule has 1 unspecified atom stereocenters. The van der Waals surface area contributed by atoms with E-state index in [0.717, 1.165) is 11.1 Å². The molecule has 0 spiro atoms. The summed E-state index contributed by atoms with van der Waals surface area (Å²) in [6.45, 7) is 3.64. The number of halogens is 1. The van der Waals surface area contributed by atoms with Gasteiger partial charge in [0.15, 0.2) is 0 Å². The minimum Gasteiger partial charge on any atom is -0.481 e. The van der Waals surface area contributed by atoms with Crippen molar-refractivity contribution in [1.29, 1.82) is 0 Å². The molecule has 4 heteroatoms. The summed E-state index contributed by atoms with van der Waals surface area (Å²) in [4.78, 5) is 10.4. The summed E-state index contributed by atoms with van der Waals surface area (Å²) in [5, 5.41) is 8.56. The van der Waals surface area contributed by atoms with Crippen LogP contribution in [0.4, 0.5) is 4.39 Å². The molecule has 0 saturated carbocycles. The number of aryl methyl sites for hydroxylation is 2. The Labute approximate surface area is 87.7 Å². The number of carbonyl (C=O) groups is 1. The predicted molar refractivity (Wildman–Crippen MR) is 55.1 cm³/mol. The van der Waals surface area contributed by atoms with Gasteiger partial charge >= 0.3 is 5.97 Å². The Kier molecular flexibility index (Phi) is 3.42. The highest BCUT2D eigenvalue weighted by Crippen LogP contribution is 2.21. The van der Waals surface area contributed by atoms with E-state index in [1.165, 1.54) is 6.07 Å². The van der Waals surface area contributed by atoms with E-state index in [2.05, 4.69) is 0 Å². The van der Waals surface area contributed by atoms with Crippen molar-refractivity contribution in [2.75, 3.05) is 0 Å². The first kappa shape index (κ1) is 11.7. The van der Waals surface area contributed by atoms with E-state index in [4.69, 9.17) is 10.8 Å². The summed E-state index contributed by atoms with van der Waals surface area (Å²) in [6, 6.07) is 2.20. The largest absolute Gasteiger partial charge is 0.481 e. The van der Waals surface area contributed by atoms with Gasteiger partial charge in [0.25, 0.3) is 0 Å². The second-order valence-corrected chi connectivity index (χ2v) is 3.66. The number of rotatable bonds is 3. The van der Waals surface area contributed by atoms with Crippen LogP contribution in [0.1, 0.15) is 29.2 Å². The topological polar surface area (TPSA) is 63.3 Å². The molecule has 0 fully saturated rings. The van der Waals surface area contributed by atoms with E-state index in [-0.39, 0.29) is 12.0 Å². The molecule has 15 heavy (non-hydrogen) atoms. The first-order valence-corrected chi connectivity index (χ1v) is 4.66. The third kappa shape index (κ3) is 2.76. The van der Waals surface area contributed by atoms with Crippen molar-refractivity contribution < 1.29 is 14.3 Å². The van der Waals surface area contributed by atoms with E-state index >= 15 is 0 Å². The minimum absolute atomic E-state index is 0.264. The van der Waals surface area contributed by atoms with Crippen LogP contribution in [-0.2, 0) is 4.79 Å². The lowest BCUT2D eigenvalue weighted by Gasteiger charge is -2.12. The van der Waals surface area contributed by atoms with Crippen LogP contribution in [0.5, 0.6) is 0 Å². The Bertz CT molecular complexity index is 390. The molecule has 0 aliphatic rings. The molecule has 0 bridgehead atoms. The average Bonchev–Trinajstić information content (AvgIpc) is 2.09. The van der Waals surface area contributed by atoms with E-state index < -0.39 is 17.8 Å². The monoisotopic (exact) mass is 211 g/mol. The zero-order valence-electron chi connectivity index (χ0n) is 8.75. The maximum Gasteiger partial charge on any atom is 0.305 e. The van der Waals surface area contributed by atoms with Crippen molar-refractivity contribution in [2.24, 2.45) is 5.73 Å². The number of hydrogen-bond acceptors (Lipinski definition) is 2. The normalized spacial score (nSPS) is 12.5. The van der Waals surface area contributed by atoms with Crippen molar-refractivity contribution in [1.82, 2.24) is 0 Å². The van der Waals surface area contributed by atoms with Crippen molar-refractivity contribution in [2.45, 2.75) is 26.3 Å². The summed E-state index contributed by atoms with van der Waals surface area (Å²) in [5.41, 5.74) is 7.60. The SMILES string of the molecule is Cc1cc(F)c(C(N)CC(=O)O)cc1C. The number of nitrogens with two attached hydrogens (primary N) is 1. The van der Waals surface area contributed by atoms with Crippen LogP contribution in [0.25, 0.3) is 0 Å². The Morgan fingerprint density at radius 2 is 2.00 bits per heavy atom. The molecule has 3 N–H and O–H groups in total. The molecule has 0 saturated heterocycles. The fraction of sp³-hybridized carbons (Fsp3) is 0.364. The lowest BCUT2D eigenvalue weighted by atomic mass is 9.99. The highest BCUT2D eigenvalue weighted by molar-refractivity contribution is 5.68. The van der Waals surface area contributed by atoms with Gasteiger partial charge in [-0.3, -0.25) is 4.79 Å². The molecule has 0 radical (unpaired) electrons. The van der Waals surface area contributed by atoms with Crippen LogP contribution in [0.3, 0.4) is 0 Å². The first-order chi connectivity index (χ1) is 6.91. The second-order valence-electron chi connectivity index (χ2n) is 3.66. The van der Waals surface area contributed by atoms with E-state index in [0.29, 0.717) is 0 Å². The van der Waals surface area contributed by atoms with Gasteiger partial charge in [-0.25, -0.2) is 4.39 Å². The summed E-state index contributed by atoms with van der Waals surface area (Å²) >= 11 is 0. The molecule has 0 heterocycles. The first-order valence-electron chi connectivity index (χ1n) is 4.66. The molecule has 3 nitrogen and oxygen atoms in total. The molecule has 1 aromatic carbocycles. The zero-order chi connectivity index (χ0) is 11.6. The van der Waals surface area contributed by atoms with Gasteiger partial charge < -0.3 is 10.8 Å². The Morgan fingerprint density at radius 3 is 2.53 bits per heavy atom. The minimum atomic E-state index is -1.03.